The fourth-order valence-corrected chi connectivity index (χ4v) is 5.61. The molecule has 1 N–H and O–H groups in total. The van der Waals surface area contributed by atoms with E-state index in [1.54, 1.807) is 60.7 Å². The maximum Gasteiger partial charge on any atom is 0.493 e. The van der Waals surface area contributed by atoms with Gasteiger partial charge in [0.2, 0.25) is 5.95 Å². The summed E-state index contributed by atoms with van der Waals surface area (Å²) in [5.74, 6) is -2.92. The first kappa shape index (κ1) is 30.8. The summed E-state index contributed by atoms with van der Waals surface area (Å²) in [7, 11) is 3.82. The molecule has 1 aromatic heterocycles. The number of aryl methyl sites for hydroxylation is 1. The van der Waals surface area contributed by atoms with E-state index >= 15 is 0 Å². The summed E-state index contributed by atoms with van der Waals surface area (Å²) in [4.78, 5) is 42.3. The van der Waals surface area contributed by atoms with Gasteiger partial charge in [0.25, 0.3) is 5.91 Å². The number of alkyl halides is 3. The molecule has 1 amide bonds. The standard InChI is InChI=1S/C33H34F3N5O3/c1-21-14-19-27-26(20-21)29(40(2)3)39-32(38-27)37-24-15-17-25(18-16-24)41(44-31(43)33(34,35)36)30(42)28(22-10-6-4-7-11-22)23-12-8-5-9-13-23/h4-14,19-20,24-25,28H,15-18H2,1-3H3,(H,37,38,39). The van der Waals surface area contributed by atoms with E-state index < -0.39 is 30.0 Å². The van der Waals surface area contributed by atoms with Crippen LogP contribution in [0.2, 0.25) is 0 Å². The molecule has 0 saturated heterocycles. The molecular weight excluding hydrogens is 571 g/mol. The Kier molecular flexibility index (Phi) is 9.03. The second-order valence-electron chi connectivity index (χ2n) is 11.2. The molecular formula is C33H34F3N5O3. The van der Waals surface area contributed by atoms with Gasteiger partial charge < -0.3 is 15.1 Å². The van der Waals surface area contributed by atoms with Crippen LogP contribution in [0.15, 0.2) is 78.9 Å². The molecule has 230 valence electrons. The summed E-state index contributed by atoms with van der Waals surface area (Å²) in [6.45, 7) is 2.01. The monoisotopic (exact) mass is 605 g/mol. The molecule has 1 aliphatic rings. The van der Waals surface area contributed by atoms with Crippen LogP contribution in [-0.4, -0.2) is 59.3 Å². The van der Waals surface area contributed by atoms with Gasteiger partial charge in [-0.05, 0) is 55.9 Å². The molecule has 0 aliphatic heterocycles. The Labute approximate surface area is 253 Å². The van der Waals surface area contributed by atoms with Gasteiger partial charge in [0.15, 0.2) is 0 Å². The van der Waals surface area contributed by atoms with Crippen LogP contribution >= 0.6 is 0 Å². The zero-order chi connectivity index (χ0) is 31.4. The number of nitrogens with one attached hydrogen (secondary N) is 1. The quantitative estimate of drug-likeness (QED) is 0.244. The van der Waals surface area contributed by atoms with Gasteiger partial charge in [0.1, 0.15) is 5.82 Å². The van der Waals surface area contributed by atoms with Crippen molar-refractivity contribution in [2.75, 3.05) is 24.3 Å². The summed E-state index contributed by atoms with van der Waals surface area (Å²) in [5, 5.41) is 4.96. The van der Waals surface area contributed by atoms with Gasteiger partial charge in [0.05, 0.1) is 17.5 Å². The molecule has 4 aromatic rings. The van der Waals surface area contributed by atoms with Crippen molar-refractivity contribution in [1.82, 2.24) is 15.0 Å². The van der Waals surface area contributed by atoms with E-state index in [0.717, 1.165) is 22.3 Å². The van der Waals surface area contributed by atoms with E-state index in [9.17, 15) is 22.8 Å². The maximum atomic E-state index is 14.1. The number of fused-ring (bicyclic) bond motifs is 1. The van der Waals surface area contributed by atoms with Crippen LogP contribution in [0.1, 0.15) is 48.3 Å². The first-order valence-corrected chi connectivity index (χ1v) is 14.5. The van der Waals surface area contributed by atoms with Gasteiger partial charge in [-0.2, -0.15) is 23.2 Å². The third kappa shape index (κ3) is 6.93. The van der Waals surface area contributed by atoms with Crippen molar-refractivity contribution in [2.45, 2.75) is 56.8 Å². The predicted molar refractivity (Wildman–Crippen MR) is 162 cm³/mol. The topological polar surface area (TPSA) is 87.7 Å². The van der Waals surface area contributed by atoms with Crippen molar-refractivity contribution in [3.05, 3.63) is 95.6 Å². The molecule has 44 heavy (non-hydrogen) atoms. The van der Waals surface area contributed by atoms with Crippen molar-refractivity contribution in [3.63, 3.8) is 0 Å². The lowest BCUT2D eigenvalue weighted by molar-refractivity contribution is -0.245. The number of hydrogen-bond acceptors (Lipinski definition) is 7. The first-order chi connectivity index (χ1) is 21.0. The number of carbonyl (C=O) groups excluding carboxylic acids is 2. The number of anilines is 2. The SMILES string of the molecule is Cc1ccc2nc(NC3CCC(N(OC(=O)C(F)(F)F)C(=O)C(c4ccccc4)c4ccccc4)CC3)nc(N(C)C)c2c1. The second-order valence-corrected chi connectivity index (χ2v) is 11.2. The van der Waals surface area contributed by atoms with Crippen LogP contribution < -0.4 is 10.2 Å². The van der Waals surface area contributed by atoms with Crippen molar-refractivity contribution in [1.29, 1.82) is 0 Å². The molecule has 1 aliphatic carbocycles. The lowest BCUT2D eigenvalue weighted by atomic mass is 9.87. The molecule has 8 nitrogen and oxygen atoms in total. The number of benzene rings is 3. The van der Waals surface area contributed by atoms with E-state index in [2.05, 4.69) is 10.3 Å². The Morgan fingerprint density at radius 3 is 2.02 bits per heavy atom. The minimum atomic E-state index is -5.26. The number of amides is 1. The average molecular weight is 606 g/mol. The third-order valence-corrected chi connectivity index (χ3v) is 7.76. The zero-order valence-electron chi connectivity index (χ0n) is 24.7. The Morgan fingerprint density at radius 1 is 0.886 bits per heavy atom. The molecule has 3 aromatic carbocycles. The highest BCUT2D eigenvalue weighted by Gasteiger charge is 2.46. The predicted octanol–water partition coefficient (Wildman–Crippen LogP) is 6.41. The smallest absolute Gasteiger partial charge is 0.362 e. The molecule has 5 rings (SSSR count). The molecule has 0 radical (unpaired) electrons. The fourth-order valence-electron chi connectivity index (χ4n) is 5.61. The van der Waals surface area contributed by atoms with E-state index in [0.29, 0.717) is 47.8 Å². The number of aromatic nitrogens is 2. The largest absolute Gasteiger partial charge is 0.493 e. The molecule has 0 unspecified atom stereocenters. The molecule has 0 atom stereocenters. The van der Waals surface area contributed by atoms with E-state index in [1.807, 2.05) is 44.1 Å². The van der Waals surface area contributed by atoms with Crippen molar-refractivity contribution in [2.24, 2.45) is 0 Å². The van der Waals surface area contributed by atoms with Crippen LogP contribution in [0.25, 0.3) is 10.9 Å². The summed E-state index contributed by atoms with van der Waals surface area (Å²) in [6.07, 6.45) is -3.67. The van der Waals surface area contributed by atoms with Crippen LogP contribution in [0.5, 0.6) is 0 Å². The average Bonchev–Trinajstić information content (AvgIpc) is 3.00. The van der Waals surface area contributed by atoms with E-state index in [4.69, 9.17) is 9.82 Å². The normalized spacial score (nSPS) is 16.9. The highest BCUT2D eigenvalue weighted by atomic mass is 19.4. The Bertz CT molecular complexity index is 1570. The number of hydrogen-bond donors (Lipinski definition) is 1. The maximum absolute atomic E-state index is 14.1. The number of rotatable bonds is 7. The third-order valence-electron chi connectivity index (χ3n) is 7.76. The summed E-state index contributed by atoms with van der Waals surface area (Å²) >= 11 is 0. The summed E-state index contributed by atoms with van der Waals surface area (Å²) < 4.78 is 40.1. The Hall–Kier alpha value is -4.67. The number of halogens is 3. The molecule has 0 bridgehead atoms. The van der Waals surface area contributed by atoms with Crippen LogP contribution in [0.3, 0.4) is 0 Å². The molecule has 1 heterocycles. The van der Waals surface area contributed by atoms with Gasteiger partial charge in [-0.25, -0.2) is 9.78 Å². The fraction of sp³-hybridized carbons (Fsp3) is 0.333. The van der Waals surface area contributed by atoms with Gasteiger partial charge in [-0.15, -0.1) is 0 Å². The minimum Gasteiger partial charge on any atom is -0.362 e. The highest BCUT2D eigenvalue weighted by Crippen LogP contribution is 2.33. The Morgan fingerprint density at radius 2 is 1.48 bits per heavy atom. The second kappa shape index (κ2) is 12.9. The molecule has 0 spiro atoms. The lowest BCUT2D eigenvalue weighted by Crippen LogP contribution is -2.48. The van der Waals surface area contributed by atoms with Crippen LogP contribution in [-0.2, 0) is 14.4 Å². The van der Waals surface area contributed by atoms with E-state index in [-0.39, 0.29) is 6.04 Å². The Balaban J connectivity index is 1.38. The number of nitrogens with zero attached hydrogens (tertiary/aromatic N) is 4. The summed E-state index contributed by atoms with van der Waals surface area (Å²) in [6, 6.07) is 22.6. The summed E-state index contributed by atoms with van der Waals surface area (Å²) in [5.41, 5.74) is 3.03. The van der Waals surface area contributed by atoms with Gasteiger partial charge >= 0.3 is 12.1 Å². The molecule has 1 saturated carbocycles. The molecule has 11 heteroatoms. The molecule has 1 fully saturated rings. The van der Waals surface area contributed by atoms with Gasteiger partial charge in [-0.3, -0.25) is 4.79 Å². The zero-order valence-corrected chi connectivity index (χ0v) is 24.7. The highest BCUT2D eigenvalue weighted by molar-refractivity contribution is 5.91. The van der Waals surface area contributed by atoms with Crippen molar-refractivity contribution in [3.8, 4) is 0 Å². The van der Waals surface area contributed by atoms with Gasteiger partial charge in [-0.1, -0.05) is 72.3 Å². The van der Waals surface area contributed by atoms with Crippen molar-refractivity contribution < 1.29 is 27.6 Å². The number of carbonyl (C=O) groups is 2. The van der Waals surface area contributed by atoms with Gasteiger partial charge in [0, 0.05) is 25.5 Å². The van der Waals surface area contributed by atoms with E-state index in [1.165, 1.54) is 0 Å². The van der Waals surface area contributed by atoms with Crippen LogP contribution in [0, 0.1) is 6.92 Å². The lowest BCUT2D eigenvalue weighted by Gasteiger charge is -2.37. The van der Waals surface area contributed by atoms with Crippen LogP contribution in [0.4, 0.5) is 24.9 Å². The number of hydroxylamine groups is 2. The minimum absolute atomic E-state index is 0.0986. The van der Waals surface area contributed by atoms with Crippen molar-refractivity contribution >= 4 is 34.5 Å². The first-order valence-electron chi connectivity index (χ1n) is 14.5.